The summed E-state index contributed by atoms with van der Waals surface area (Å²) in [4.78, 5) is 43.4. The summed E-state index contributed by atoms with van der Waals surface area (Å²) in [7, 11) is 1.45. The van der Waals surface area contributed by atoms with Crippen molar-refractivity contribution in [3.8, 4) is 17.2 Å². The summed E-state index contributed by atoms with van der Waals surface area (Å²) in [6.45, 7) is 7.36. The van der Waals surface area contributed by atoms with Crippen LogP contribution in [-0.2, 0) is 14.3 Å². The molecule has 9 nitrogen and oxygen atoms in total. The van der Waals surface area contributed by atoms with Crippen LogP contribution < -0.4 is 29.1 Å². The van der Waals surface area contributed by atoms with Crippen LogP contribution in [0.4, 0.5) is 0 Å². The average molecular weight is 537 g/mol. The van der Waals surface area contributed by atoms with Crippen LogP contribution in [-0.4, -0.2) is 36.8 Å². The summed E-state index contributed by atoms with van der Waals surface area (Å²) >= 11 is 1.23. The Kier molecular flexibility index (Phi) is 8.11. The van der Waals surface area contributed by atoms with E-state index in [1.165, 1.54) is 29.9 Å². The number of ether oxygens (including phenoxy) is 4. The van der Waals surface area contributed by atoms with Gasteiger partial charge in [-0.3, -0.25) is 14.2 Å². The minimum absolute atomic E-state index is 0.166. The predicted molar refractivity (Wildman–Crippen MR) is 142 cm³/mol. The molecular weight excluding hydrogens is 508 g/mol. The summed E-state index contributed by atoms with van der Waals surface area (Å²) in [6.07, 6.45) is 1.78. The topological polar surface area (TPSA) is 105 Å². The van der Waals surface area contributed by atoms with Crippen molar-refractivity contribution in [2.75, 3.05) is 20.3 Å². The summed E-state index contributed by atoms with van der Waals surface area (Å²) in [6, 6.07) is 11.5. The maximum absolute atomic E-state index is 13.8. The average Bonchev–Trinajstić information content (AvgIpc) is 3.18. The van der Waals surface area contributed by atoms with Gasteiger partial charge < -0.3 is 18.9 Å². The number of esters is 2. The van der Waals surface area contributed by atoms with Gasteiger partial charge in [0.1, 0.15) is 5.75 Å². The molecule has 198 valence electrons. The summed E-state index contributed by atoms with van der Waals surface area (Å²) < 4.78 is 23.5. The van der Waals surface area contributed by atoms with Gasteiger partial charge in [-0.15, -0.1) is 0 Å². The van der Waals surface area contributed by atoms with Crippen LogP contribution >= 0.6 is 11.3 Å². The van der Waals surface area contributed by atoms with Crippen LogP contribution in [0.1, 0.15) is 44.9 Å². The minimum atomic E-state index is -0.826. The van der Waals surface area contributed by atoms with E-state index in [1.807, 2.05) is 31.2 Å². The molecule has 0 N–H and O–H groups in total. The highest BCUT2D eigenvalue weighted by molar-refractivity contribution is 7.07. The molecule has 0 amide bonds. The zero-order chi connectivity index (χ0) is 27.4. The molecule has 10 heteroatoms. The van der Waals surface area contributed by atoms with Gasteiger partial charge in [-0.05, 0) is 62.2 Å². The van der Waals surface area contributed by atoms with E-state index in [9.17, 15) is 14.4 Å². The lowest BCUT2D eigenvalue weighted by molar-refractivity contribution is -0.139. The number of carbonyl (C=O) groups excluding carboxylic acids is 2. The van der Waals surface area contributed by atoms with E-state index >= 15 is 0 Å². The quantitative estimate of drug-likeness (QED) is 0.322. The smallest absolute Gasteiger partial charge is 0.338 e. The zero-order valence-corrected chi connectivity index (χ0v) is 22.6. The number of thiazole rings is 1. The number of fused-ring (bicyclic) bond motifs is 1. The van der Waals surface area contributed by atoms with Gasteiger partial charge in [-0.1, -0.05) is 29.5 Å². The Morgan fingerprint density at radius 1 is 1.08 bits per heavy atom. The van der Waals surface area contributed by atoms with Crippen molar-refractivity contribution in [3.05, 3.63) is 84.5 Å². The molecule has 0 saturated carbocycles. The number of methoxy groups -OCH3 is 1. The highest BCUT2D eigenvalue weighted by Crippen LogP contribution is 2.36. The summed E-state index contributed by atoms with van der Waals surface area (Å²) in [5, 5.41) is 0. The Hall–Kier alpha value is -4.18. The van der Waals surface area contributed by atoms with E-state index in [0.29, 0.717) is 27.2 Å². The second-order valence-electron chi connectivity index (χ2n) is 8.31. The van der Waals surface area contributed by atoms with E-state index in [0.717, 1.165) is 11.3 Å². The monoisotopic (exact) mass is 536 g/mol. The van der Waals surface area contributed by atoms with E-state index < -0.39 is 18.0 Å². The summed E-state index contributed by atoms with van der Waals surface area (Å²) in [5.74, 6) is 0.188. The minimum Gasteiger partial charge on any atom is -0.494 e. The Morgan fingerprint density at radius 3 is 2.45 bits per heavy atom. The maximum Gasteiger partial charge on any atom is 0.338 e. The molecule has 3 aromatic rings. The van der Waals surface area contributed by atoms with E-state index in [1.54, 1.807) is 38.1 Å². The van der Waals surface area contributed by atoms with E-state index in [-0.39, 0.29) is 29.2 Å². The van der Waals surface area contributed by atoms with E-state index in [2.05, 4.69) is 4.99 Å². The van der Waals surface area contributed by atoms with Gasteiger partial charge in [0.2, 0.25) is 0 Å². The highest BCUT2D eigenvalue weighted by Gasteiger charge is 2.34. The van der Waals surface area contributed by atoms with Crippen molar-refractivity contribution in [1.82, 2.24) is 4.57 Å². The molecule has 1 aliphatic heterocycles. The molecule has 2 aromatic carbocycles. The second kappa shape index (κ2) is 11.5. The standard InChI is InChI=1S/C28H28N2O7S/c1-6-35-20-11-8-18(9-12-20)14-23-26(32)30-25(19-10-13-21(37-17(4)31)22(15-19)34-5)24(27(33)36-7-2)16(3)29-28(30)38-23/h8-15,25H,6-7H2,1-5H3. The van der Waals surface area contributed by atoms with Gasteiger partial charge in [-0.25, -0.2) is 9.79 Å². The molecule has 0 aliphatic carbocycles. The van der Waals surface area contributed by atoms with Crippen molar-refractivity contribution in [2.45, 2.75) is 33.7 Å². The van der Waals surface area contributed by atoms with Gasteiger partial charge in [0.15, 0.2) is 16.3 Å². The lowest BCUT2D eigenvalue weighted by atomic mass is 9.95. The van der Waals surface area contributed by atoms with Gasteiger partial charge in [0.05, 0.1) is 42.2 Å². The molecule has 0 spiro atoms. The first-order chi connectivity index (χ1) is 18.3. The molecule has 2 heterocycles. The fourth-order valence-corrected chi connectivity index (χ4v) is 5.23. The number of carbonyl (C=O) groups is 2. The SMILES string of the molecule is CCOC(=O)C1=C(C)N=c2sc(=Cc3ccc(OCC)cc3)c(=O)n2C1c1ccc(OC(C)=O)c(OC)c1. The van der Waals surface area contributed by atoms with Crippen LogP contribution in [0.15, 0.2) is 63.5 Å². The molecule has 38 heavy (non-hydrogen) atoms. The molecule has 0 radical (unpaired) electrons. The van der Waals surface area contributed by atoms with Gasteiger partial charge in [-0.2, -0.15) is 0 Å². The van der Waals surface area contributed by atoms with Crippen molar-refractivity contribution in [3.63, 3.8) is 0 Å². The van der Waals surface area contributed by atoms with Gasteiger partial charge >= 0.3 is 11.9 Å². The molecule has 0 fully saturated rings. The largest absolute Gasteiger partial charge is 0.494 e. The molecular formula is C28H28N2O7S. The third kappa shape index (κ3) is 5.40. The molecule has 1 aliphatic rings. The van der Waals surface area contributed by atoms with Crippen LogP contribution in [0.3, 0.4) is 0 Å². The van der Waals surface area contributed by atoms with E-state index in [4.69, 9.17) is 18.9 Å². The first-order valence-electron chi connectivity index (χ1n) is 12.1. The normalized spacial score (nSPS) is 15.0. The maximum atomic E-state index is 13.8. The molecule has 0 saturated heterocycles. The Labute approximate surface area is 223 Å². The highest BCUT2D eigenvalue weighted by atomic mass is 32.1. The number of allylic oxidation sites excluding steroid dienone is 1. The lowest BCUT2D eigenvalue weighted by Crippen LogP contribution is -2.40. The molecule has 0 bridgehead atoms. The van der Waals surface area contributed by atoms with Crippen LogP contribution in [0.25, 0.3) is 6.08 Å². The van der Waals surface area contributed by atoms with Crippen molar-refractivity contribution in [2.24, 2.45) is 4.99 Å². The number of aromatic nitrogens is 1. The Balaban J connectivity index is 1.90. The molecule has 1 unspecified atom stereocenters. The third-order valence-electron chi connectivity index (χ3n) is 5.76. The molecule has 1 atom stereocenters. The summed E-state index contributed by atoms with van der Waals surface area (Å²) in [5.41, 5.74) is 1.79. The number of rotatable bonds is 8. The zero-order valence-electron chi connectivity index (χ0n) is 21.8. The fourth-order valence-electron chi connectivity index (χ4n) is 4.18. The first kappa shape index (κ1) is 26.9. The third-order valence-corrected chi connectivity index (χ3v) is 6.75. The predicted octanol–water partition coefficient (Wildman–Crippen LogP) is 3.13. The number of hydrogen-bond donors (Lipinski definition) is 0. The number of hydrogen-bond acceptors (Lipinski definition) is 9. The Bertz CT molecular complexity index is 1580. The fraction of sp³-hybridized carbons (Fsp3) is 0.286. The van der Waals surface area contributed by atoms with Crippen LogP contribution in [0, 0.1) is 0 Å². The number of benzene rings is 2. The van der Waals surface area contributed by atoms with Crippen molar-refractivity contribution >= 4 is 29.4 Å². The second-order valence-corrected chi connectivity index (χ2v) is 9.32. The van der Waals surface area contributed by atoms with Gasteiger partial charge in [0.25, 0.3) is 5.56 Å². The van der Waals surface area contributed by atoms with Crippen molar-refractivity contribution < 1.29 is 28.5 Å². The van der Waals surface area contributed by atoms with Crippen molar-refractivity contribution in [1.29, 1.82) is 0 Å². The molecule has 1 aromatic heterocycles. The van der Waals surface area contributed by atoms with Gasteiger partial charge in [0, 0.05) is 6.92 Å². The number of nitrogens with zero attached hydrogens (tertiary/aromatic N) is 2. The van der Waals surface area contributed by atoms with Crippen LogP contribution in [0.5, 0.6) is 17.2 Å². The molecule has 4 rings (SSSR count). The Morgan fingerprint density at radius 2 is 1.82 bits per heavy atom. The first-order valence-corrected chi connectivity index (χ1v) is 12.9. The van der Waals surface area contributed by atoms with Crippen LogP contribution in [0.2, 0.25) is 0 Å². The lowest BCUT2D eigenvalue weighted by Gasteiger charge is -2.25.